The third-order valence-electron chi connectivity index (χ3n) is 11.6. The van der Waals surface area contributed by atoms with Gasteiger partial charge >= 0.3 is 18.3 Å². The van der Waals surface area contributed by atoms with Crippen molar-refractivity contribution in [1.82, 2.24) is 14.8 Å². The van der Waals surface area contributed by atoms with E-state index in [2.05, 4.69) is 4.98 Å². The van der Waals surface area contributed by atoms with Crippen LogP contribution in [0.2, 0.25) is 0 Å². The van der Waals surface area contributed by atoms with Crippen LogP contribution in [-0.2, 0) is 27.5 Å². The van der Waals surface area contributed by atoms with Gasteiger partial charge < -0.3 is 29.5 Å². The van der Waals surface area contributed by atoms with Gasteiger partial charge in [0.1, 0.15) is 22.1 Å². The molecule has 2 amide bonds. The van der Waals surface area contributed by atoms with Crippen LogP contribution in [0.4, 0.5) is 26.3 Å². The highest BCUT2D eigenvalue weighted by atomic mass is 32.1. The van der Waals surface area contributed by atoms with E-state index in [9.17, 15) is 50.9 Å². The molecule has 3 aromatic rings. The van der Waals surface area contributed by atoms with E-state index in [4.69, 9.17) is 9.47 Å². The van der Waals surface area contributed by atoms with Crippen molar-refractivity contribution < 1.29 is 60.4 Å². The summed E-state index contributed by atoms with van der Waals surface area (Å²) in [7, 11) is 0. The number of aromatic nitrogens is 1. The Morgan fingerprint density at radius 2 is 1.63 bits per heavy atom. The standard InChI is InChI=1S/C40H45F6N3O7S/c1-2-9-30-38(56-26-24-31(57-25-26)40(44,45)46,15-8-20-49(30)33(50)32-28(39(41,42)43)11-7-19-47-32)34(51)48-21-16-37(54,17-22-48)27-10-3-4-12-29(27)55-23-18-36(35(52)53)13-5-6-14-36/h3-4,7,10-12,19,24-25,30,54H,2,5-6,8-9,13-18,20-23H2,1H3,(H,52,53). The first-order valence-corrected chi connectivity index (χ1v) is 20.0. The molecule has 1 aromatic carbocycles. The third-order valence-corrected chi connectivity index (χ3v) is 12.6. The molecule has 2 N–H and O–H groups in total. The molecule has 2 aliphatic heterocycles. The Morgan fingerprint density at radius 1 is 0.930 bits per heavy atom. The highest BCUT2D eigenvalue weighted by molar-refractivity contribution is 7.10. The lowest BCUT2D eigenvalue weighted by molar-refractivity contribution is -0.163. The maximum absolute atomic E-state index is 15.0. The van der Waals surface area contributed by atoms with Crippen molar-refractivity contribution in [3.8, 4) is 11.5 Å². The van der Waals surface area contributed by atoms with Gasteiger partial charge in [0.05, 0.1) is 29.2 Å². The molecule has 310 valence electrons. The molecule has 1 saturated carbocycles. The topological polar surface area (TPSA) is 130 Å². The number of nitrogens with zero attached hydrogens (tertiary/aromatic N) is 3. The molecule has 3 aliphatic rings. The average molecular weight is 826 g/mol. The maximum atomic E-state index is 15.0. The molecule has 1 aliphatic carbocycles. The molecule has 17 heteroatoms. The Balaban J connectivity index is 1.28. The molecule has 57 heavy (non-hydrogen) atoms. The van der Waals surface area contributed by atoms with Crippen LogP contribution in [0.3, 0.4) is 0 Å². The minimum absolute atomic E-state index is 0.00883. The molecule has 2 unspecified atom stereocenters. The molecule has 6 rings (SSSR count). The normalized spacial score (nSPS) is 22.3. The van der Waals surface area contributed by atoms with Gasteiger partial charge in [0, 0.05) is 49.3 Å². The van der Waals surface area contributed by atoms with Crippen LogP contribution in [0.15, 0.2) is 54.0 Å². The van der Waals surface area contributed by atoms with Gasteiger partial charge in [0.2, 0.25) is 5.60 Å². The second-order valence-corrected chi connectivity index (χ2v) is 16.1. The van der Waals surface area contributed by atoms with Gasteiger partial charge in [0.15, 0.2) is 0 Å². The van der Waals surface area contributed by atoms with Crippen LogP contribution in [-0.4, -0.2) is 80.7 Å². The number of alkyl halides is 6. The first kappa shape index (κ1) is 42.2. The molecule has 0 spiro atoms. The largest absolute Gasteiger partial charge is 0.493 e. The van der Waals surface area contributed by atoms with E-state index in [1.807, 2.05) is 0 Å². The Morgan fingerprint density at radius 3 is 2.26 bits per heavy atom. The van der Waals surface area contributed by atoms with Gasteiger partial charge in [-0.2, -0.15) is 26.3 Å². The van der Waals surface area contributed by atoms with Crippen molar-refractivity contribution in [2.75, 3.05) is 26.2 Å². The minimum Gasteiger partial charge on any atom is -0.493 e. The lowest BCUT2D eigenvalue weighted by atomic mass is 9.78. The second-order valence-electron chi connectivity index (χ2n) is 15.2. The molecule has 10 nitrogen and oxygen atoms in total. The quantitative estimate of drug-likeness (QED) is 0.175. The number of benzene rings is 1. The van der Waals surface area contributed by atoms with Crippen LogP contribution >= 0.6 is 11.3 Å². The van der Waals surface area contributed by atoms with Gasteiger partial charge in [-0.05, 0) is 63.1 Å². The zero-order valence-electron chi connectivity index (χ0n) is 31.3. The van der Waals surface area contributed by atoms with Crippen LogP contribution in [0.1, 0.15) is 104 Å². The number of carboxylic acid groups (broad SMARTS) is 1. The summed E-state index contributed by atoms with van der Waals surface area (Å²) < 4.78 is 95.8. The number of carboxylic acids is 1. The van der Waals surface area contributed by atoms with Gasteiger partial charge in [-0.15, -0.1) is 11.3 Å². The van der Waals surface area contributed by atoms with Crippen molar-refractivity contribution in [1.29, 1.82) is 0 Å². The summed E-state index contributed by atoms with van der Waals surface area (Å²) in [6, 6.07) is 8.19. The lowest BCUT2D eigenvalue weighted by Crippen LogP contribution is -2.68. The van der Waals surface area contributed by atoms with Crippen LogP contribution in [0, 0.1) is 5.41 Å². The van der Waals surface area contributed by atoms with E-state index in [0.29, 0.717) is 48.3 Å². The number of aliphatic hydroxyl groups is 1. The first-order valence-electron chi connectivity index (χ1n) is 19.1. The maximum Gasteiger partial charge on any atom is 0.425 e. The molecular weight excluding hydrogens is 781 g/mol. The number of thiophene rings is 1. The number of hydrogen-bond acceptors (Lipinski definition) is 8. The van der Waals surface area contributed by atoms with Gasteiger partial charge in [-0.25, -0.2) is 0 Å². The predicted molar refractivity (Wildman–Crippen MR) is 196 cm³/mol. The lowest BCUT2D eigenvalue weighted by Gasteiger charge is -2.51. The Bertz CT molecular complexity index is 1920. The van der Waals surface area contributed by atoms with Gasteiger partial charge in [-0.3, -0.25) is 19.4 Å². The number of para-hydroxylation sites is 1. The summed E-state index contributed by atoms with van der Waals surface area (Å²) in [6.45, 7) is 1.71. The summed E-state index contributed by atoms with van der Waals surface area (Å²) in [5.41, 5.74) is -6.03. The number of aliphatic carboxylic acids is 1. The number of likely N-dealkylation sites (tertiary alicyclic amines) is 2. The number of piperidine rings is 2. The summed E-state index contributed by atoms with van der Waals surface area (Å²) in [5.74, 6) is -2.52. The SMILES string of the molecule is CCCC1N(C(=O)c2ncccc2C(F)(F)F)CCCC1(Oc1csc(C(F)(F)F)c1)C(=O)N1CCC(O)(c2ccccc2OCCC2(C(=O)O)CCCC2)CC1. The number of rotatable bonds is 12. The Kier molecular flexibility index (Phi) is 12.2. The van der Waals surface area contributed by atoms with E-state index < -0.39 is 68.9 Å². The Labute approximate surface area is 329 Å². The van der Waals surface area contributed by atoms with E-state index >= 15 is 0 Å². The van der Waals surface area contributed by atoms with E-state index in [1.165, 1.54) is 4.90 Å². The predicted octanol–water partition coefficient (Wildman–Crippen LogP) is 8.33. The minimum atomic E-state index is -4.92. The fourth-order valence-corrected chi connectivity index (χ4v) is 9.33. The highest BCUT2D eigenvalue weighted by Gasteiger charge is 2.57. The van der Waals surface area contributed by atoms with Crippen LogP contribution in [0.5, 0.6) is 11.5 Å². The number of ether oxygens (including phenoxy) is 2. The van der Waals surface area contributed by atoms with E-state index in [1.54, 1.807) is 31.2 Å². The summed E-state index contributed by atoms with van der Waals surface area (Å²) >= 11 is 0.362. The molecule has 2 atom stereocenters. The van der Waals surface area contributed by atoms with Crippen LogP contribution < -0.4 is 9.47 Å². The van der Waals surface area contributed by atoms with Gasteiger partial charge in [0.25, 0.3) is 11.8 Å². The number of pyridine rings is 1. The number of carbonyl (C=O) groups is 3. The molecular formula is C40H45F6N3O7S. The summed E-state index contributed by atoms with van der Waals surface area (Å²) in [4.78, 5) is 46.4. The van der Waals surface area contributed by atoms with Crippen molar-refractivity contribution in [3.05, 3.63) is 75.7 Å². The van der Waals surface area contributed by atoms with Crippen molar-refractivity contribution >= 4 is 29.1 Å². The van der Waals surface area contributed by atoms with Crippen molar-refractivity contribution in [2.45, 2.75) is 107 Å². The molecule has 2 aromatic heterocycles. The zero-order valence-corrected chi connectivity index (χ0v) is 32.1. The third kappa shape index (κ3) is 8.59. The molecule has 0 radical (unpaired) electrons. The monoisotopic (exact) mass is 825 g/mol. The van der Waals surface area contributed by atoms with Crippen molar-refractivity contribution in [3.63, 3.8) is 0 Å². The Hall–Kier alpha value is -4.38. The molecule has 3 fully saturated rings. The fraction of sp³-hybridized carbons (Fsp3) is 0.550. The summed E-state index contributed by atoms with van der Waals surface area (Å²) in [6.07, 6.45) is -5.07. The average Bonchev–Trinajstić information content (AvgIpc) is 3.86. The van der Waals surface area contributed by atoms with Crippen LogP contribution in [0.25, 0.3) is 0 Å². The second kappa shape index (κ2) is 16.5. The number of carbonyl (C=O) groups excluding carboxylic acids is 2. The molecule has 4 heterocycles. The zero-order chi connectivity index (χ0) is 41.2. The fourth-order valence-electron chi connectivity index (χ4n) is 8.65. The summed E-state index contributed by atoms with van der Waals surface area (Å²) in [5, 5.41) is 23.0. The van der Waals surface area contributed by atoms with Crippen molar-refractivity contribution in [2.24, 2.45) is 5.41 Å². The highest BCUT2D eigenvalue weighted by Crippen LogP contribution is 2.45. The van der Waals surface area contributed by atoms with E-state index in [-0.39, 0.29) is 64.1 Å². The molecule has 2 saturated heterocycles. The number of halogens is 6. The first-order chi connectivity index (χ1) is 26.9. The van der Waals surface area contributed by atoms with E-state index in [0.717, 1.165) is 47.5 Å². The number of amides is 2. The molecule has 0 bridgehead atoms. The smallest absolute Gasteiger partial charge is 0.425 e. The van der Waals surface area contributed by atoms with Gasteiger partial charge in [-0.1, -0.05) is 44.4 Å². The number of hydrogen-bond donors (Lipinski definition) is 2.